The molecule has 0 spiro atoms. The van der Waals surface area contributed by atoms with Crippen molar-refractivity contribution in [2.24, 2.45) is 4.99 Å². The van der Waals surface area contributed by atoms with Gasteiger partial charge >= 0.3 is 0 Å². The first-order valence-electron chi connectivity index (χ1n) is 8.41. The topological polar surface area (TPSA) is 122 Å². The average molecular weight is 374 g/mol. The summed E-state index contributed by atoms with van der Waals surface area (Å²) in [7, 11) is 1.55. The minimum atomic E-state index is -1.29. The number of benzene rings is 1. The summed E-state index contributed by atoms with van der Waals surface area (Å²) in [5.74, 6) is 1.25. The van der Waals surface area contributed by atoms with Gasteiger partial charge in [-0.3, -0.25) is 4.99 Å². The van der Waals surface area contributed by atoms with Crippen molar-refractivity contribution in [3.05, 3.63) is 36.7 Å². The Morgan fingerprint density at radius 3 is 2.81 bits per heavy atom. The number of nitrogens with zero attached hydrogens (tertiary/aromatic N) is 4. The van der Waals surface area contributed by atoms with E-state index in [2.05, 4.69) is 21.7 Å². The van der Waals surface area contributed by atoms with Crippen LogP contribution in [0.4, 0.5) is 0 Å². The third kappa shape index (κ3) is 3.62. The van der Waals surface area contributed by atoms with Gasteiger partial charge in [0, 0.05) is 11.8 Å². The van der Waals surface area contributed by atoms with Gasteiger partial charge in [0.2, 0.25) is 0 Å². The predicted molar refractivity (Wildman–Crippen MR) is 98.2 cm³/mol. The van der Waals surface area contributed by atoms with Gasteiger partial charge in [0.1, 0.15) is 29.8 Å². The molecule has 2 heterocycles. The summed E-state index contributed by atoms with van der Waals surface area (Å²) in [6.07, 6.45) is -2.92. The molecule has 1 fully saturated rings. The number of hydrogen-bond donors (Lipinski definition) is 3. The molecule has 9 nitrogen and oxygen atoms in total. The standard InChI is InChI=1S/C18H22N4O5/c1-4-19-10(2)16-20-17(11-6-5-7-12(8-11)26-3)22(21-16)18-15(25)14(24)13(9-23)27-18/h4-8,13-15,18,23-25H,2,9H2,1,3H3/t13-,14-,15-,18-/m1/s1. The summed E-state index contributed by atoms with van der Waals surface area (Å²) >= 11 is 0. The Morgan fingerprint density at radius 1 is 1.41 bits per heavy atom. The van der Waals surface area contributed by atoms with Crippen LogP contribution < -0.4 is 4.74 Å². The monoisotopic (exact) mass is 374 g/mol. The second-order valence-corrected chi connectivity index (χ2v) is 6.00. The second-order valence-electron chi connectivity index (χ2n) is 6.00. The van der Waals surface area contributed by atoms with E-state index in [-0.39, 0.29) is 5.82 Å². The number of hydrogen-bond acceptors (Lipinski definition) is 8. The molecular weight excluding hydrogens is 352 g/mol. The molecule has 27 heavy (non-hydrogen) atoms. The summed E-state index contributed by atoms with van der Waals surface area (Å²) in [5.41, 5.74) is 1.01. The third-order valence-corrected chi connectivity index (χ3v) is 4.26. The van der Waals surface area contributed by atoms with Crippen LogP contribution in [0.5, 0.6) is 5.75 Å². The number of methoxy groups -OCH3 is 1. The van der Waals surface area contributed by atoms with E-state index in [1.54, 1.807) is 44.5 Å². The fourth-order valence-electron chi connectivity index (χ4n) is 2.88. The smallest absolute Gasteiger partial charge is 0.199 e. The zero-order valence-corrected chi connectivity index (χ0v) is 15.1. The number of rotatable bonds is 6. The molecule has 0 saturated carbocycles. The average Bonchev–Trinajstić information content (AvgIpc) is 3.24. The van der Waals surface area contributed by atoms with Crippen LogP contribution in [-0.4, -0.2) is 68.3 Å². The number of ether oxygens (including phenoxy) is 2. The number of aromatic nitrogens is 3. The van der Waals surface area contributed by atoms with Crippen molar-refractivity contribution in [1.82, 2.24) is 14.8 Å². The quantitative estimate of drug-likeness (QED) is 0.634. The highest BCUT2D eigenvalue weighted by atomic mass is 16.6. The maximum atomic E-state index is 10.4. The van der Waals surface area contributed by atoms with E-state index >= 15 is 0 Å². The summed E-state index contributed by atoms with van der Waals surface area (Å²) in [6, 6.07) is 7.15. The second kappa shape index (κ2) is 7.97. The first-order chi connectivity index (χ1) is 13.0. The Balaban J connectivity index is 2.09. The van der Waals surface area contributed by atoms with E-state index in [9.17, 15) is 15.3 Å². The highest BCUT2D eigenvalue weighted by Gasteiger charge is 2.45. The Kier molecular flexibility index (Phi) is 5.66. The van der Waals surface area contributed by atoms with Crippen molar-refractivity contribution in [1.29, 1.82) is 0 Å². The molecule has 1 aromatic carbocycles. The molecule has 2 aromatic rings. The molecule has 1 aliphatic rings. The van der Waals surface area contributed by atoms with Crippen molar-refractivity contribution in [3.8, 4) is 17.1 Å². The maximum absolute atomic E-state index is 10.4. The molecule has 3 rings (SSSR count). The van der Waals surface area contributed by atoms with Crippen molar-refractivity contribution < 1.29 is 24.8 Å². The fourth-order valence-corrected chi connectivity index (χ4v) is 2.88. The van der Waals surface area contributed by atoms with E-state index in [1.165, 1.54) is 4.68 Å². The minimum absolute atomic E-state index is 0.253. The highest BCUT2D eigenvalue weighted by molar-refractivity contribution is 5.69. The molecule has 4 atom stereocenters. The van der Waals surface area contributed by atoms with E-state index in [4.69, 9.17) is 9.47 Å². The van der Waals surface area contributed by atoms with E-state index in [1.807, 2.05) is 0 Å². The normalized spacial score (nSPS) is 25.2. The van der Waals surface area contributed by atoms with Crippen LogP contribution in [0.2, 0.25) is 0 Å². The molecule has 1 saturated heterocycles. The van der Waals surface area contributed by atoms with Gasteiger partial charge in [-0.2, -0.15) is 0 Å². The van der Waals surface area contributed by atoms with Crippen LogP contribution in [0.25, 0.3) is 17.1 Å². The SMILES string of the molecule is C=C(N=CC)c1nc(-c2cccc(OC)c2)n([C@@H]2O[C@H](CO)[C@@H](O)[C@H]2O)n1. The molecule has 0 amide bonds. The molecule has 1 aromatic heterocycles. The van der Waals surface area contributed by atoms with Gasteiger partial charge in [0.25, 0.3) is 0 Å². The molecule has 1 aliphatic heterocycles. The minimum Gasteiger partial charge on any atom is -0.497 e. The third-order valence-electron chi connectivity index (χ3n) is 4.26. The Hall–Kier alpha value is -2.59. The molecule has 0 radical (unpaired) electrons. The van der Waals surface area contributed by atoms with Gasteiger partial charge in [-0.05, 0) is 19.1 Å². The first-order valence-corrected chi connectivity index (χ1v) is 8.41. The van der Waals surface area contributed by atoms with Crippen LogP contribution in [0.1, 0.15) is 19.0 Å². The van der Waals surface area contributed by atoms with Gasteiger partial charge in [0.15, 0.2) is 17.9 Å². The van der Waals surface area contributed by atoms with Crippen LogP contribution >= 0.6 is 0 Å². The lowest BCUT2D eigenvalue weighted by atomic mass is 10.1. The molecule has 3 N–H and O–H groups in total. The molecular formula is C18H22N4O5. The van der Waals surface area contributed by atoms with Gasteiger partial charge in [-0.25, -0.2) is 9.67 Å². The maximum Gasteiger partial charge on any atom is 0.199 e. The summed E-state index contributed by atoms with van der Waals surface area (Å²) in [5, 5.41) is 34.2. The van der Waals surface area contributed by atoms with Crippen molar-refractivity contribution in [3.63, 3.8) is 0 Å². The molecule has 0 unspecified atom stereocenters. The van der Waals surface area contributed by atoms with E-state index in [0.29, 0.717) is 22.8 Å². The Bertz CT molecular complexity index is 850. The number of aliphatic hydroxyl groups is 3. The highest BCUT2D eigenvalue weighted by Crippen LogP contribution is 2.33. The zero-order valence-electron chi connectivity index (χ0n) is 15.1. The Labute approximate surface area is 156 Å². The van der Waals surface area contributed by atoms with Crippen LogP contribution in [0.3, 0.4) is 0 Å². The lowest BCUT2D eigenvalue weighted by molar-refractivity contribution is -0.0579. The predicted octanol–water partition coefficient (Wildman–Crippen LogP) is 0.627. The van der Waals surface area contributed by atoms with Gasteiger partial charge in [0.05, 0.1) is 13.7 Å². The van der Waals surface area contributed by atoms with E-state index < -0.39 is 31.1 Å². The molecule has 0 bridgehead atoms. The number of aliphatic imine (C=N–C) groups is 1. The molecule has 9 heteroatoms. The van der Waals surface area contributed by atoms with Crippen LogP contribution in [0, 0.1) is 0 Å². The summed E-state index contributed by atoms with van der Waals surface area (Å²) < 4.78 is 12.2. The first kappa shape index (κ1) is 19.2. The molecule has 144 valence electrons. The Morgan fingerprint density at radius 2 is 2.19 bits per heavy atom. The lowest BCUT2D eigenvalue weighted by Crippen LogP contribution is -2.33. The fraction of sp³-hybridized carbons (Fsp3) is 0.389. The van der Waals surface area contributed by atoms with Gasteiger partial charge in [-0.15, -0.1) is 5.10 Å². The van der Waals surface area contributed by atoms with Crippen molar-refractivity contribution >= 4 is 11.9 Å². The summed E-state index contributed by atoms with van der Waals surface area (Å²) in [4.78, 5) is 8.57. The van der Waals surface area contributed by atoms with Crippen LogP contribution in [-0.2, 0) is 4.74 Å². The molecule has 0 aliphatic carbocycles. The van der Waals surface area contributed by atoms with Crippen LogP contribution in [0.15, 0.2) is 35.8 Å². The summed E-state index contributed by atoms with van der Waals surface area (Å²) in [6.45, 7) is 5.15. The number of aliphatic hydroxyl groups excluding tert-OH is 3. The lowest BCUT2D eigenvalue weighted by Gasteiger charge is -2.17. The zero-order chi connectivity index (χ0) is 19.6. The van der Waals surface area contributed by atoms with Gasteiger partial charge in [-0.1, -0.05) is 18.7 Å². The van der Waals surface area contributed by atoms with Crippen molar-refractivity contribution in [2.75, 3.05) is 13.7 Å². The van der Waals surface area contributed by atoms with Crippen molar-refractivity contribution in [2.45, 2.75) is 31.5 Å². The van der Waals surface area contributed by atoms with Gasteiger partial charge < -0.3 is 24.8 Å². The van der Waals surface area contributed by atoms with E-state index in [0.717, 1.165) is 0 Å². The largest absolute Gasteiger partial charge is 0.497 e.